The van der Waals surface area contributed by atoms with E-state index in [0.717, 1.165) is 7.05 Å². The van der Waals surface area contributed by atoms with Crippen molar-refractivity contribution in [3.8, 4) is 23.5 Å². The molecule has 0 unspecified atom stereocenters. The predicted octanol–water partition coefficient (Wildman–Crippen LogP) is 0.759. The lowest BCUT2D eigenvalue weighted by Gasteiger charge is -2.19. The fourth-order valence-electron chi connectivity index (χ4n) is 1.99. The molecule has 0 aliphatic carbocycles. The lowest BCUT2D eigenvalue weighted by Crippen LogP contribution is -2.37. The molecule has 2 aromatic rings. The molecule has 1 N–H and O–H groups in total. The van der Waals surface area contributed by atoms with Gasteiger partial charge in [-0.3, -0.25) is 5.32 Å². The van der Waals surface area contributed by atoms with Crippen molar-refractivity contribution >= 4 is 22.0 Å². The summed E-state index contributed by atoms with van der Waals surface area (Å²) in [6, 6.07) is 2.91. The van der Waals surface area contributed by atoms with Gasteiger partial charge in [0, 0.05) is 13.1 Å². The number of urea groups is 1. The van der Waals surface area contributed by atoms with Crippen molar-refractivity contribution in [3.63, 3.8) is 0 Å². The van der Waals surface area contributed by atoms with Gasteiger partial charge in [0.2, 0.25) is 5.95 Å². The second-order valence-corrected chi connectivity index (χ2v) is 6.99. The average Bonchev–Trinajstić information content (AvgIpc) is 2.71. The van der Waals surface area contributed by atoms with Crippen molar-refractivity contribution in [3.05, 3.63) is 18.2 Å². The van der Waals surface area contributed by atoms with Crippen LogP contribution in [-0.4, -0.2) is 69.2 Å². The van der Waals surface area contributed by atoms with E-state index in [1.807, 2.05) is 0 Å². The number of rotatable bonds is 7. The van der Waals surface area contributed by atoms with E-state index in [-0.39, 0.29) is 34.4 Å². The number of aromatic nitrogens is 3. The molecular weight excluding hydrogens is 394 g/mol. The number of carbonyl (C=O) groups excluding carboxylic acids is 1. The van der Waals surface area contributed by atoms with Gasteiger partial charge in [0.25, 0.3) is 10.0 Å². The van der Waals surface area contributed by atoms with Crippen LogP contribution < -0.4 is 24.3 Å². The Morgan fingerprint density at radius 2 is 1.57 bits per heavy atom. The number of nitrogens with zero attached hydrogens (tertiary/aromatic N) is 4. The highest BCUT2D eigenvalue weighted by Gasteiger charge is 2.30. The molecule has 12 nitrogen and oxygen atoms in total. The zero-order valence-electron chi connectivity index (χ0n) is 15.8. The summed E-state index contributed by atoms with van der Waals surface area (Å²) in [7, 11) is 2.10. The van der Waals surface area contributed by atoms with E-state index < -0.39 is 16.1 Å². The molecule has 0 aliphatic rings. The summed E-state index contributed by atoms with van der Waals surface area (Å²) in [6.45, 7) is 0. The molecule has 0 saturated carbocycles. The molecule has 0 radical (unpaired) electrons. The van der Waals surface area contributed by atoms with E-state index >= 15 is 0 Å². The number of ether oxygens (including phenoxy) is 4. The molecule has 0 saturated heterocycles. The number of carbonyl (C=O) groups is 1. The lowest BCUT2D eigenvalue weighted by molar-refractivity contribution is 0.240. The minimum atomic E-state index is -4.28. The summed E-state index contributed by atoms with van der Waals surface area (Å²) in [5.41, 5.74) is 0. The number of sulfonamides is 1. The molecule has 28 heavy (non-hydrogen) atoms. The SMILES string of the molecule is COc1ccc(OC)c(S(=O)(=O)N(C)C(=O)Nc2nc(OC)nc(OC)n2)c1. The Bertz CT molecular complexity index is 945. The van der Waals surface area contributed by atoms with Crippen LogP contribution in [0.15, 0.2) is 23.1 Å². The largest absolute Gasteiger partial charge is 0.497 e. The van der Waals surface area contributed by atoms with Crippen molar-refractivity contribution in [2.24, 2.45) is 0 Å². The number of hydrogen-bond donors (Lipinski definition) is 1. The Labute approximate surface area is 161 Å². The Morgan fingerprint density at radius 1 is 0.964 bits per heavy atom. The van der Waals surface area contributed by atoms with E-state index in [1.165, 1.54) is 46.6 Å². The second kappa shape index (κ2) is 8.56. The van der Waals surface area contributed by atoms with Crippen LogP contribution in [0.5, 0.6) is 23.5 Å². The van der Waals surface area contributed by atoms with Crippen LogP contribution in [0, 0.1) is 0 Å². The summed E-state index contributed by atoms with van der Waals surface area (Å²) in [6.07, 6.45) is 0. The summed E-state index contributed by atoms with van der Waals surface area (Å²) in [5, 5.41) is 2.25. The van der Waals surface area contributed by atoms with Crippen molar-refractivity contribution in [1.29, 1.82) is 0 Å². The predicted molar refractivity (Wildman–Crippen MR) is 96.4 cm³/mol. The normalized spacial score (nSPS) is 10.8. The fraction of sp³-hybridized carbons (Fsp3) is 0.333. The van der Waals surface area contributed by atoms with Gasteiger partial charge in [0.1, 0.15) is 16.4 Å². The van der Waals surface area contributed by atoms with Gasteiger partial charge in [-0.15, -0.1) is 4.98 Å². The standard InChI is InChI=1S/C15H19N5O7S/c1-20(15(21)18-12-16-13(26-4)19-14(17-12)27-5)28(22,23)11-8-9(24-2)6-7-10(11)25-3/h6-8H,1-5H3,(H,16,17,18,19,21). The van der Waals surface area contributed by atoms with Gasteiger partial charge in [-0.25, -0.2) is 17.5 Å². The third-order valence-electron chi connectivity index (χ3n) is 3.47. The van der Waals surface area contributed by atoms with Crippen LogP contribution in [0.4, 0.5) is 10.7 Å². The molecule has 1 aromatic carbocycles. The first-order valence-electron chi connectivity index (χ1n) is 7.62. The molecular formula is C15H19N5O7S. The van der Waals surface area contributed by atoms with Gasteiger partial charge in [0.05, 0.1) is 28.4 Å². The van der Waals surface area contributed by atoms with E-state index in [1.54, 1.807) is 0 Å². The first-order valence-corrected chi connectivity index (χ1v) is 9.06. The number of amides is 2. The van der Waals surface area contributed by atoms with Crippen molar-refractivity contribution in [2.45, 2.75) is 4.90 Å². The molecule has 2 rings (SSSR count). The maximum Gasteiger partial charge on any atom is 0.337 e. The number of nitrogens with one attached hydrogen (secondary N) is 1. The number of benzene rings is 1. The highest BCUT2D eigenvalue weighted by Crippen LogP contribution is 2.30. The monoisotopic (exact) mass is 413 g/mol. The topological polar surface area (TPSA) is 142 Å². The third-order valence-corrected chi connectivity index (χ3v) is 5.24. The Morgan fingerprint density at radius 3 is 2.07 bits per heavy atom. The maximum absolute atomic E-state index is 12.9. The summed E-state index contributed by atoms with van der Waals surface area (Å²) in [5.74, 6) is 0.0671. The first kappa shape index (κ1) is 21.0. The average molecular weight is 413 g/mol. The quantitative estimate of drug-likeness (QED) is 0.691. The van der Waals surface area contributed by atoms with Crippen LogP contribution in [0.25, 0.3) is 0 Å². The van der Waals surface area contributed by atoms with E-state index in [4.69, 9.17) is 18.9 Å². The Hall–Kier alpha value is -3.35. The van der Waals surface area contributed by atoms with Crippen LogP contribution >= 0.6 is 0 Å². The number of hydrogen-bond acceptors (Lipinski definition) is 10. The smallest absolute Gasteiger partial charge is 0.337 e. The Balaban J connectivity index is 2.34. The highest BCUT2D eigenvalue weighted by atomic mass is 32.2. The van der Waals surface area contributed by atoms with E-state index in [2.05, 4.69) is 20.3 Å². The van der Waals surface area contributed by atoms with Crippen molar-refractivity contribution in [2.75, 3.05) is 40.8 Å². The zero-order chi connectivity index (χ0) is 20.9. The van der Waals surface area contributed by atoms with Gasteiger partial charge in [0.15, 0.2) is 0 Å². The van der Waals surface area contributed by atoms with Gasteiger partial charge in [-0.05, 0) is 12.1 Å². The molecule has 0 fully saturated rings. The van der Waals surface area contributed by atoms with Crippen LogP contribution in [0.1, 0.15) is 0 Å². The van der Waals surface area contributed by atoms with Crippen molar-refractivity contribution in [1.82, 2.24) is 19.3 Å². The molecule has 152 valence electrons. The summed E-state index contributed by atoms with van der Waals surface area (Å²) < 4.78 is 46.1. The molecule has 0 atom stereocenters. The third kappa shape index (κ3) is 4.31. The van der Waals surface area contributed by atoms with E-state index in [9.17, 15) is 13.2 Å². The van der Waals surface area contributed by atoms with Gasteiger partial charge < -0.3 is 18.9 Å². The van der Waals surface area contributed by atoms with Crippen LogP contribution in [-0.2, 0) is 10.0 Å². The fourth-order valence-corrected chi connectivity index (χ4v) is 3.22. The van der Waals surface area contributed by atoms with Gasteiger partial charge >= 0.3 is 18.1 Å². The molecule has 1 aromatic heterocycles. The van der Waals surface area contributed by atoms with Crippen LogP contribution in [0.3, 0.4) is 0 Å². The van der Waals surface area contributed by atoms with Crippen molar-refractivity contribution < 1.29 is 32.2 Å². The molecule has 1 heterocycles. The minimum absolute atomic E-state index is 0.0453. The molecule has 0 aliphatic heterocycles. The number of anilines is 1. The molecule has 2 amide bonds. The van der Waals surface area contributed by atoms with Crippen LogP contribution in [0.2, 0.25) is 0 Å². The second-order valence-electron chi connectivity index (χ2n) is 5.05. The summed E-state index contributed by atoms with van der Waals surface area (Å²) >= 11 is 0. The molecule has 13 heteroatoms. The first-order chi connectivity index (χ1) is 13.3. The van der Waals surface area contributed by atoms with Gasteiger partial charge in [-0.2, -0.15) is 9.97 Å². The Kier molecular flexibility index (Phi) is 6.41. The zero-order valence-corrected chi connectivity index (χ0v) is 16.6. The lowest BCUT2D eigenvalue weighted by atomic mass is 10.3. The molecule has 0 bridgehead atoms. The highest BCUT2D eigenvalue weighted by molar-refractivity contribution is 7.89. The molecule has 0 spiro atoms. The van der Waals surface area contributed by atoms with Gasteiger partial charge in [-0.1, -0.05) is 0 Å². The summed E-state index contributed by atoms with van der Waals surface area (Å²) in [4.78, 5) is 23.6. The minimum Gasteiger partial charge on any atom is -0.497 e. The maximum atomic E-state index is 12.9. The van der Waals surface area contributed by atoms with E-state index in [0.29, 0.717) is 4.31 Å². The number of methoxy groups -OCH3 is 4.